The smallest absolute Gasteiger partial charge is 0.221 e. The molecular formula is C11H19N3O2. The second-order valence-electron chi connectivity index (χ2n) is 3.90. The van der Waals surface area contributed by atoms with Gasteiger partial charge in [-0.25, -0.2) is 0 Å². The van der Waals surface area contributed by atoms with E-state index >= 15 is 0 Å². The average Bonchev–Trinajstić information content (AvgIpc) is 2.30. The van der Waals surface area contributed by atoms with Crippen LogP contribution in [0.3, 0.4) is 0 Å². The van der Waals surface area contributed by atoms with Crippen molar-refractivity contribution in [2.45, 2.75) is 31.7 Å². The minimum atomic E-state index is 0.0555. The maximum Gasteiger partial charge on any atom is 0.221 e. The first-order chi connectivity index (χ1) is 7.83. The second-order valence-corrected chi connectivity index (χ2v) is 3.90. The lowest BCUT2D eigenvalue weighted by molar-refractivity contribution is -0.122. The number of rotatable bonds is 6. The van der Waals surface area contributed by atoms with Crippen LogP contribution in [-0.4, -0.2) is 38.3 Å². The van der Waals surface area contributed by atoms with E-state index in [1.165, 1.54) is 0 Å². The van der Waals surface area contributed by atoms with Crippen LogP contribution >= 0.6 is 0 Å². The first-order valence-electron chi connectivity index (χ1n) is 5.77. The molecule has 0 aromatic heterocycles. The Balaban J connectivity index is 1.99. The molecular weight excluding hydrogens is 206 g/mol. The monoisotopic (exact) mass is 225 g/mol. The summed E-state index contributed by atoms with van der Waals surface area (Å²) in [6.07, 6.45) is 2.75. The van der Waals surface area contributed by atoms with Gasteiger partial charge in [0.05, 0.1) is 19.3 Å². The van der Waals surface area contributed by atoms with Crippen molar-refractivity contribution in [3.63, 3.8) is 0 Å². The molecule has 0 spiro atoms. The van der Waals surface area contributed by atoms with E-state index in [0.29, 0.717) is 26.0 Å². The maximum absolute atomic E-state index is 11.5. The van der Waals surface area contributed by atoms with Gasteiger partial charge in [-0.1, -0.05) is 0 Å². The molecule has 1 fully saturated rings. The lowest BCUT2D eigenvalue weighted by Crippen LogP contribution is -2.44. The first kappa shape index (κ1) is 12.9. The minimum absolute atomic E-state index is 0.0555. The highest BCUT2D eigenvalue weighted by molar-refractivity contribution is 5.76. The van der Waals surface area contributed by atoms with E-state index in [2.05, 4.69) is 16.7 Å². The number of unbranched alkanes of at least 4 members (excludes halogenated alkanes) is 2. The van der Waals surface area contributed by atoms with E-state index in [1.54, 1.807) is 0 Å². The third-order valence-electron chi connectivity index (χ3n) is 2.47. The highest BCUT2D eigenvalue weighted by atomic mass is 16.5. The summed E-state index contributed by atoms with van der Waals surface area (Å²) >= 11 is 0. The number of nitrogens with one attached hydrogen (secondary N) is 2. The molecule has 1 saturated heterocycles. The summed E-state index contributed by atoms with van der Waals surface area (Å²) in [6.45, 7) is 2.82. The van der Waals surface area contributed by atoms with E-state index < -0.39 is 0 Å². The Morgan fingerprint density at radius 1 is 1.56 bits per heavy atom. The molecule has 0 saturated carbocycles. The van der Waals surface area contributed by atoms with Gasteiger partial charge in [0.15, 0.2) is 0 Å². The highest BCUT2D eigenvalue weighted by Crippen LogP contribution is 1.98. The Morgan fingerprint density at radius 3 is 3.12 bits per heavy atom. The number of hydrogen-bond donors (Lipinski definition) is 2. The summed E-state index contributed by atoms with van der Waals surface area (Å²) in [4.78, 5) is 11.5. The van der Waals surface area contributed by atoms with Gasteiger partial charge in [0.2, 0.25) is 5.91 Å². The van der Waals surface area contributed by atoms with Gasteiger partial charge in [-0.2, -0.15) is 5.26 Å². The van der Waals surface area contributed by atoms with Crippen molar-refractivity contribution in [1.29, 1.82) is 5.26 Å². The molecule has 5 nitrogen and oxygen atoms in total. The van der Waals surface area contributed by atoms with Crippen LogP contribution in [0.2, 0.25) is 0 Å². The Morgan fingerprint density at radius 2 is 2.44 bits per heavy atom. The van der Waals surface area contributed by atoms with Crippen LogP contribution in [0.4, 0.5) is 0 Å². The Kier molecular flexibility index (Phi) is 6.54. The van der Waals surface area contributed by atoms with Crippen molar-refractivity contribution in [2.75, 3.05) is 26.3 Å². The van der Waals surface area contributed by atoms with Gasteiger partial charge in [0, 0.05) is 32.0 Å². The largest absolute Gasteiger partial charge is 0.378 e. The lowest BCUT2D eigenvalue weighted by Gasteiger charge is -2.23. The predicted octanol–water partition coefficient (Wildman–Crippen LogP) is 0.175. The number of morpholine rings is 1. The number of nitrogens with zero attached hydrogens (tertiary/aromatic N) is 1. The zero-order valence-corrected chi connectivity index (χ0v) is 9.50. The van der Waals surface area contributed by atoms with Crippen molar-refractivity contribution < 1.29 is 9.53 Å². The summed E-state index contributed by atoms with van der Waals surface area (Å²) < 4.78 is 5.26. The molecule has 16 heavy (non-hydrogen) atoms. The van der Waals surface area contributed by atoms with Gasteiger partial charge in [-0.3, -0.25) is 4.79 Å². The Hall–Kier alpha value is -1.12. The summed E-state index contributed by atoms with van der Waals surface area (Å²) in [6, 6.07) is 2.23. The molecule has 0 bridgehead atoms. The molecule has 1 atom stereocenters. The molecule has 0 aromatic carbocycles. The molecule has 1 unspecified atom stereocenters. The third kappa shape index (κ3) is 5.69. The van der Waals surface area contributed by atoms with Gasteiger partial charge in [0.25, 0.3) is 0 Å². The van der Waals surface area contributed by atoms with Gasteiger partial charge in [0.1, 0.15) is 0 Å². The highest BCUT2D eigenvalue weighted by Gasteiger charge is 2.16. The molecule has 1 rings (SSSR count). The summed E-state index contributed by atoms with van der Waals surface area (Å²) in [7, 11) is 0. The predicted molar refractivity (Wildman–Crippen MR) is 59.7 cm³/mol. The molecule has 0 radical (unpaired) electrons. The number of carbonyl (C=O) groups is 1. The number of nitriles is 1. The molecule has 0 aliphatic carbocycles. The Bertz CT molecular complexity index is 244. The lowest BCUT2D eigenvalue weighted by atomic mass is 10.2. The van der Waals surface area contributed by atoms with E-state index in [4.69, 9.17) is 10.00 Å². The standard InChI is InChI=1S/C11H19N3O2/c12-4-2-1-3-5-14-11(15)8-10-9-16-7-6-13-10/h10,13H,1-3,5-9H2,(H,14,15). The van der Waals surface area contributed by atoms with Gasteiger partial charge >= 0.3 is 0 Å². The van der Waals surface area contributed by atoms with Gasteiger partial charge in [-0.15, -0.1) is 0 Å². The van der Waals surface area contributed by atoms with Crippen LogP contribution in [0.15, 0.2) is 0 Å². The fourth-order valence-electron chi connectivity index (χ4n) is 1.60. The molecule has 1 amide bonds. The quantitative estimate of drug-likeness (QED) is 0.632. The van der Waals surface area contributed by atoms with E-state index in [1.807, 2.05) is 0 Å². The van der Waals surface area contributed by atoms with E-state index in [-0.39, 0.29) is 11.9 Å². The average molecular weight is 225 g/mol. The van der Waals surface area contributed by atoms with Crippen LogP contribution in [0, 0.1) is 11.3 Å². The van der Waals surface area contributed by atoms with Crippen molar-refractivity contribution in [3.8, 4) is 6.07 Å². The molecule has 0 aromatic rings. The summed E-state index contributed by atoms with van der Waals surface area (Å²) in [5, 5.41) is 14.4. The second kappa shape index (κ2) is 8.08. The number of hydrogen-bond acceptors (Lipinski definition) is 4. The van der Waals surface area contributed by atoms with Crippen LogP contribution in [0.1, 0.15) is 25.7 Å². The van der Waals surface area contributed by atoms with Crippen LogP contribution in [-0.2, 0) is 9.53 Å². The number of amides is 1. The topological polar surface area (TPSA) is 74.2 Å². The summed E-state index contributed by atoms with van der Waals surface area (Å²) in [5.41, 5.74) is 0. The van der Waals surface area contributed by atoms with Gasteiger partial charge in [-0.05, 0) is 12.8 Å². The van der Waals surface area contributed by atoms with Crippen molar-refractivity contribution in [2.24, 2.45) is 0 Å². The van der Waals surface area contributed by atoms with Crippen LogP contribution in [0.5, 0.6) is 0 Å². The zero-order chi connectivity index (χ0) is 11.6. The van der Waals surface area contributed by atoms with Gasteiger partial charge < -0.3 is 15.4 Å². The van der Waals surface area contributed by atoms with Crippen LogP contribution in [0.25, 0.3) is 0 Å². The Labute approximate surface area is 96.2 Å². The normalized spacial score (nSPS) is 20.1. The van der Waals surface area contributed by atoms with E-state index in [9.17, 15) is 4.79 Å². The fraction of sp³-hybridized carbons (Fsp3) is 0.818. The van der Waals surface area contributed by atoms with Crippen molar-refractivity contribution in [3.05, 3.63) is 0 Å². The molecule has 2 N–H and O–H groups in total. The molecule has 90 valence electrons. The van der Waals surface area contributed by atoms with Crippen LogP contribution < -0.4 is 10.6 Å². The SMILES string of the molecule is N#CCCCCNC(=O)CC1COCCN1. The molecule has 5 heteroatoms. The maximum atomic E-state index is 11.5. The zero-order valence-electron chi connectivity index (χ0n) is 9.50. The van der Waals surface area contributed by atoms with Crippen molar-refractivity contribution >= 4 is 5.91 Å². The molecule has 1 heterocycles. The molecule has 1 aliphatic heterocycles. The van der Waals surface area contributed by atoms with Crippen molar-refractivity contribution in [1.82, 2.24) is 10.6 Å². The minimum Gasteiger partial charge on any atom is -0.378 e. The van der Waals surface area contributed by atoms with E-state index in [0.717, 1.165) is 26.0 Å². The fourth-order valence-corrected chi connectivity index (χ4v) is 1.60. The summed E-state index contributed by atoms with van der Waals surface area (Å²) in [5.74, 6) is 0.0555. The molecule has 1 aliphatic rings. The first-order valence-corrected chi connectivity index (χ1v) is 5.77. The number of carbonyl (C=O) groups excluding carboxylic acids is 1. The third-order valence-corrected chi connectivity index (χ3v) is 2.47. The number of ether oxygens (including phenoxy) is 1.